The normalized spacial score (nSPS) is 24.6. The van der Waals surface area contributed by atoms with Crippen LogP contribution >= 0.6 is 0 Å². The Kier molecular flexibility index (Phi) is 8.52. The second-order valence-electron chi connectivity index (χ2n) is 14.2. The maximum absolute atomic E-state index is 13.7. The minimum Gasteiger partial charge on any atom is -0.361 e. The standard InChI is InChI=1S/C35H51N5O2/c1-25-21-26(2)23-29(22-25)31-30(10-14-37-17-19-40(20-18-37)34(42)39-12-5-6-13-39)28(24-36-31)7-11-35(3,4)33(41)32-27-8-15-38(32)16-9-27/h21-24,27,32,36H,5-20H2,1-4H3. The molecule has 4 saturated heterocycles. The van der Waals surface area contributed by atoms with Gasteiger partial charge in [0.1, 0.15) is 0 Å². The highest BCUT2D eigenvalue weighted by molar-refractivity contribution is 5.90. The number of H-pyrrole nitrogens is 1. The average Bonchev–Trinajstić information content (AvgIpc) is 3.79. The molecule has 1 atom stereocenters. The molecular weight excluding hydrogens is 522 g/mol. The summed E-state index contributed by atoms with van der Waals surface area (Å²) >= 11 is 0. The summed E-state index contributed by atoms with van der Waals surface area (Å²) in [7, 11) is 0. The zero-order chi connectivity index (χ0) is 29.4. The number of rotatable bonds is 9. The molecule has 1 N–H and O–H groups in total. The van der Waals surface area contributed by atoms with E-state index in [1.807, 2.05) is 4.90 Å². The van der Waals surface area contributed by atoms with Crippen molar-refractivity contribution in [3.05, 3.63) is 46.6 Å². The number of hydrogen-bond acceptors (Lipinski definition) is 4. The number of benzene rings is 1. The highest BCUT2D eigenvalue weighted by Crippen LogP contribution is 2.40. The van der Waals surface area contributed by atoms with Crippen molar-refractivity contribution in [2.24, 2.45) is 11.3 Å². The number of aromatic nitrogens is 1. The predicted molar refractivity (Wildman–Crippen MR) is 169 cm³/mol. The molecule has 5 heterocycles. The Bertz CT molecular complexity index is 1240. The fourth-order valence-electron chi connectivity index (χ4n) is 8.08. The molecule has 7 heteroatoms. The van der Waals surface area contributed by atoms with Crippen molar-refractivity contribution in [2.45, 2.75) is 78.7 Å². The number of nitrogens with zero attached hydrogens (tertiary/aromatic N) is 4. The first kappa shape index (κ1) is 29.4. The fourth-order valence-corrected chi connectivity index (χ4v) is 8.08. The highest BCUT2D eigenvalue weighted by atomic mass is 16.2. The minimum atomic E-state index is -0.331. The van der Waals surface area contributed by atoms with Gasteiger partial charge in [0.2, 0.25) is 0 Å². The summed E-state index contributed by atoms with van der Waals surface area (Å²) in [6, 6.07) is 7.18. The smallest absolute Gasteiger partial charge is 0.320 e. The third kappa shape index (κ3) is 6.05. The van der Waals surface area contributed by atoms with E-state index in [0.717, 1.165) is 91.0 Å². The van der Waals surface area contributed by atoms with Crippen LogP contribution in [0.1, 0.15) is 68.2 Å². The Morgan fingerprint density at radius 3 is 2.12 bits per heavy atom. The summed E-state index contributed by atoms with van der Waals surface area (Å²) in [5.74, 6) is 1.03. The number of nitrogens with one attached hydrogen (secondary N) is 1. The van der Waals surface area contributed by atoms with E-state index in [9.17, 15) is 9.59 Å². The molecule has 0 spiro atoms. The molecule has 0 radical (unpaired) electrons. The van der Waals surface area contributed by atoms with E-state index in [1.165, 1.54) is 46.4 Å². The van der Waals surface area contributed by atoms with Crippen LogP contribution in [-0.2, 0) is 17.6 Å². The van der Waals surface area contributed by atoms with E-state index in [2.05, 4.69) is 71.8 Å². The van der Waals surface area contributed by atoms with Crippen LogP contribution in [-0.4, -0.2) is 101 Å². The van der Waals surface area contributed by atoms with Crippen molar-refractivity contribution < 1.29 is 9.59 Å². The summed E-state index contributed by atoms with van der Waals surface area (Å²) in [5.41, 5.74) is 7.44. The number of urea groups is 1. The third-order valence-corrected chi connectivity index (χ3v) is 10.7. The van der Waals surface area contributed by atoms with Crippen LogP contribution in [0, 0.1) is 25.2 Å². The van der Waals surface area contributed by atoms with Gasteiger partial charge in [-0.3, -0.25) is 14.6 Å². The number of piperidine rings is 1. The number of carbonyl (C=O) groups excluding carboxylic acids is 2. The number of ketones is 1. The van der Waals surface area contributed by atoms with Gasteiger partial charge < -0.3 is 14.8 Å². The lowest BCUT2D eigenvalue weighted by Crippen LogP contribution is -2.52. The molecule has 4 fully saturated rings. The molecule has 1 aromatic heterocycles. The van der Waals surface area contributed by atoms with E-state index < -0.39 is 0 Å². The lowest BCUT2D eigenvalue weighted by molar-refractivity contribution is -0.131. The highest BCUT2D eigenvalue weighted by Gasteiger charge is 2.47. The van der Waals surface area contributed by atoms with Crippen molar-refractivity contribution in [3.8, 4) is 11.3 Å². The second-order valence-corrected chi connectivity index (χ2v) is 14.2. The van der Waals surface area contributed by atoms with Gasteiger partial charge in [-0.25, -0.2) is 4.79 Å². The van der Waals surface area contributed by atoms with Gasteiger partial charge in [-0.05, 0) is 107 Å². The van der Waals surface area contributed by atoms with Crippen molar-refractivity contribution in [1.29, 1.82) is 0 Å². The summed E-state index contributed by atoms with van der Waals surface area (Å²) in [4.78, 5) is 39.3. The molecule has 2 aromatic rings. The predicted octanol–water partition coefficient (Wildman–Crippen LogP) is 5.30. The SMILES string of the molecule is Cc1cc(C)cc(-c2[nH]cc(CCC(C)(C)C(=O)C3C4CCN3CC4)c2CCN2CCN(C(=O)N3CCCC3)CC2)c1. The maximum atomic E-state index is 13.7. The molecule has 4 aliphatic heterocycles. The topological polar surface area (TPSA) is 62.9 Å². The quantitative estimate of drug-likeness (QED) is 0.443. The van der Waals surface area contributed by atoms with Gasteiger partial charge in [0.25, 0.3) is 0 Å². The number of piperazine rings is 1. The van der Waals surface area contributed by atoms with Gasteiger partial charge in [0.15, 0.2) is 5.78 Å². The Morgan fingerprint density at radius 2 is 1.50 bits per heavy atom. The maximum Gasteiger partial charge on any atom is 0.320 e. The van der Waals surface area contributed by atoms with E-state index >= 15 is 0 Å². The Labute approximate surface area is 252 Å². The molecule has 228 valence electrons. The lowest BCUT2D eigenvalue weighted by Gasteiger charge is -2.36. The number of likely N-dealkylation sites (tertiary alicyclic amines) is 1. The Hall–Kier alpha value is -2.64. The zero-order valence-electron chi connectivity index (χ0n) is 26.4. The van der Waals surface area contributed by atoms with Gasteiger partial charge in [0, 0.05) is 63.1 Å². The number of fused-ring (bicyclic) bond motifs is 2. The molecule has 1 unspecified atom stereocenters. The van der Waals surface area contributed by atoms with Crippen molar-refractivity contribution in [3.63, 3.8) is 0 Å². The molecule has 7 nitrogen and oxygen atoms in total. The Morgan fingerprint density at radius 1 is 0.857 bits per heavy atom. The monoisotopic (exact) mass is 573 g/mol. The first-order chi connectivity index (χ1) is 20.2. The summed E-state index contributed by atoms with van der Waals surface area (Å²) in [6.45, 7) is 17.2. The average molecular weight is 574 g/mol. The third-order valence-electron chi connectivity index (χ3n) is 10.7. The molecule has 6 rings (SSSR count). The molecule has 4 aliphatic rings. The van der Waals surface area contributed by atoms with Crippen molar-refractivity contribution >= 4 is 11.8 Å². The molecule has 1 aromatic carbocycles. The van der Waals surface area contributed by atoms with Crippen LogP contribution in [0.25, 0.3) is 11.3 Å². The van der Waals surface area contributed by atoms with E-state index in [0.29, 0.717) is 11.7 Å². The van der Waals surface area contributed by atoms with E-state index in [-0.39, 0.29) is 17.5 Å². The largest absolute Gasteiger partial charge is 0.361 e. The van der Waals surface area contributed by atoms with E-state index in [1.54, 1.807) is 0 Å². The van der Waals surface area contributed by atoms with Gasteiger partial charge in [-0.2, -0.15) is 0 Å². The molecule has 0 saturated carbocycles. The molecule has 2 bridgehead atoms. The summed E-state index contributed by atoms with van der Waals surface area (Å²) in [6.07, 6.45) is 9.61. The molecule has 0 aliphatic carbocycles. The number of carbonyl (C=O) groups is 2. The van der Waals surface area contributed by atoms with E-state index in [4.69, 9.17) is 0 Å². The molecular formula is C35H51N5O2. The number of aromatic amines is 1. The van der Waals surface area contributed by atoms with Crippen LogP contribution < -0.4 is 0 Å². The van der Waals surface area contributed by atoms with Crippen molar-refractivity contribution in [2.75, 3.05) is 58.9 Å². The van der Waals surface area contributed by atoms with Gasteiger partial charge in [0.05, 0.1) is 6.04 Å². The summed E-state index contributed by atoms with van der Waals surface area (Å²) < 4.78 is 0. The van der Waals surface area contributed by atoms with Gasteiger partial charge in [-0.1, -0.05) is 31.0 Å². The van der Waals surface area contributed by atoms with Crippen molar-refractivity contribution in [1.82, 2.24) is 24.6 Å². The fraction of sp³-hybridized carbons (Fsp3) is 0.657. The zero-order valence-corrected chi connectivity index (χ0v) is 26.4. The van der Waals surface area contributed by atoms with Crippen LogP contribution in [0.2, 0.25) is 0 Å². The number of amides is 2. The number of Topliss-reactive ketones (excluding diaryl/α,β-unsaturated/α-hetero) is 1. The molecule has 2 amide bonds. The van der Waals surface area contributed by atoms with Gasteiger partial charge >= 0.3 is 6.03 Å². The van der Waals surface area contributed by atoms with Gasteiger partial charge in [-0.15, -0.1) is 0 Å². The lowest BCUT2D eigenvalue weighted by atomic mass is 9.77. The van der Waals surface area contributed by atoms with Crippen LogP contribution in [0.5, 0.6) is 0 Å². The minimum absolute atomic E-state index is 0.146. The second kappa shape index (κ2) is 12.2. The number of hydrogen-bond donors (Lipinski definition) is 1. The van der Waals surface area contributed by atoms with Crippen LogP contribution in [0.15, 0.2) is 24.4 Å². The first-order valence-electron chi connectivity index (χ1n) is 16.5. The first-order valence-corrected chi connectivity index (χ1v) is 16.5. The van der Waals surface area contributed by atoms with Crippen LogP contribution in [0.3, 0.4) is 0 Å². The van der Waals surface area contributed by atoms with Crippen LogP contribution in [0.4, 0.5) is 4.79 Å². The number of aryl methyl sites for hydroxylation is 3. The summed E-state index contributed by atoms with van der Waals surface area (Å²) in [5, 5.41) is 0. The Balaban J connectivity index is 1.14. The molecule has 42 heavy (non-hydrogen) atoms.